The van der Waals surface area contributed by atoms with Gasteiger partial charge in [-0.15, -0.1) is 0 Å². The fourth-order valence-electron chi connectivity index (χ4n) is 2.66. The summed E-state index contributed by atoms with van der Waals surface area (Å²) < 4.78 is 43.9. The van der Waals surface area contributed by atoms with Crippen molar-refractivity contribution in [3.05, 3.63) is 29.8 Å². The number of ether oxygens (including phenoxy) is 1. The highest BCUT2D eigenvalue weighted by Crippen LogP contribution is 2.36. The lowest BCUT2D eigenvalue weighted by molar-refractivity contribution is -0.145. The van der Waals surface area contributed by atoms with Crippen LogP contribution < -0.4 is 10.1 Å². The van der Waals surface area contributed by atoms with Crippen LogP contribution in [0.25, 0.3) is 0 Å². The molecule has 0 spiro atoms. The minimum Gasteiger partial charge on any atom is -0.492 e. The van der Waals surface area contributed by atoms with Gasteiger partial charge in [-0.3, -0.25) is 4.79 Å². The number of halogens is 3. The van der Waals surface area contributed by atoms with Crippen LogP contribution in [0, 0.1) is 11.8 Å². The average Bonchev–Trinajstić information content (AvgIpc) is 2.47. The minimum absolute atomic E-state index is 0.0863. The molecule has 122 valence electrons. The fourth-order valence-corrected chi connectivity index (χ4v) is 2.66. The molecule has 0 bridgehead atoms. The Balaban J connectivity index is 2.08. The SMILES string of the molecule is O=C(O)C(COc1ccccc1C(F)(F)F)C1CCNCC1. The van der Waals surface area contributed by atoms with Gasteiger partial charge in [0, 0.05) is 0 Å². The second-order valence-electron chi connectivity index (χ2n) is 5.34. The summed E-state index contributed by atoms with van der Waals surface area (Å²) in [6, 6.07) is 4.85. The van der Waals surface area contributed by atoms with Crippen LogP contribution in [0.15, 0.2) is 24.3 Å². The van der Waals surface area contributed by atoms with E-state index in [1.54, 1.807) is 0 Å². The molecule has 0 aromatic heterocycles. The van der Waals surface area contributed by atoms with Gasteiger partial charge in [0.1, 0.15) is 12.4 Å². The minimum atomic E-state index is -4.52. The van der Waals surface area contributed by atoms with Crippen molar-refractivity contribution < 1.29 is 27.8 Å². The normalized spacial score (nSPS) is 18.0. The molecule has 1 aromatic carbocycles. The van der Waals surface area contributed by atoms with E-state index in [4.69, 9.17) is 4.74 Å². The molecule has 0 amide bonds. The molecule has 1 unspecified atom stereocenters. The number of carboxylic acid groups (broad SMARTS) is 1. The number of rotatable bonds is 5. The van der Waals surface area contributed by atoms with E-state index in [0.717, 1.165) is 6.07 Å². The van der Waals surface area contributed by atoms with E-state index < -0.39 is 23.6 Å². The smallest absolute Gasteiger partial charge is 0.419 e. The summed E-state index contributed by atoms with van der Waals surface area (Å²) in [4.78, 5) is 11.4. The number of hydrogen-bond acceptors (Lipinski definition) is 3. The maximum Gasteiger partial charge on any atom is 0.419 e. The van der Waals surface area contributed by atoms with E-state index in [2.05, 4.69) is 5.32 Å². The van der Waals surface area contributed by atoms with Gasteiger partial charge in [0.05, 0.1) is 11.5 Å². The van der Waals surface area contributed by atoms with Gasteiger partial charge in [0.25, 0.3) is 0 Å². The molecular formula is C15H18F3NO3. The van der Waals surface area contributed by atoms with Crippen LogP contribution in [-0.4, -0.2) is 30.8 Å². The van der Waals surface area contributed by atoms with Gasteiger partial charge in [-0.05, 0) is 44.0 Å². The second-order valence-corrected chi connectivity index (χ2v) is 5.34. The van der Waals surface area contributed by atoms with Crippen LogP contribution in [0.3, 0.4) is 0 Å². The predicted molar refractivity (Wildman–Crippen MR) is 73.7 cm³/mol. The summed E-state index contributed by atoms with van der Waals surface area (Å²) in [5.74, 6) is -2.24. The van der Waals surface area contributed by atoms with Crippen molar-refractivity contribution in [1.82, 2.24) is 5.32 Å². The molecule has 0 saturated carbocycles. The van der Waals surface area contributed by atoms with Crippen molar-refractivity contribution in [2.75, 3.05) is 19.7 Å². The van der Waals surface area contributed by atoms with Crippen molar-refractivity contribution in [2.24, 2.45) is 11.8 Å². The van der Waals surface area contributed by atoms with Crippen molar-refractivity contribution in [3.8, 4) is 5.75 Å². The van der Waals surface area contributed by atoms with Crippen LogP contribution >= 0.6 is 0 Å². The standard InChI is InChI=1S/C15H18F3NO3/c16-15(17,18)12-3-1-2-4-13(12)22-9-11(14(20)21)10-5-7-19-8-6-10/h1-4,10-11,19H,5-9H2,(H,20,21). The second kappa shape index (κ2) is 7.00. The van der Waals surface area contributed by atoms with Gasteiger partial charge in [0.2, 0.25) is 0 Å². The van der Waals surface area contributed by atoms with Gasteiger partial charge in [0.15, 0.2) is 0 Å². The number of nitrogens with one attached hydrogen (secondary N) is 1. The molecule has 0 aliphatic carbocycles. The number of hydrogen-bond donors (Lipinski definition) is 2. The molecular weight excluding hydrogens is 299 g/mol. The Morgan fingerprint density at radius 1 is 1.32 bits per heavy atom. The number of aliphatic carboxylic acids is 1. The molecule has 1 aliphatic rings. The number of para-hydroxylation sites is 1. The molecule has 7 heteroatoms. The summed E-state index contributed by atoms with van der Waals surface area (Å²) >= 11 is 0. The summed E-state index contributed by atoms with van der Waals surface area (Å²) in [6.07, 6.45) is -3.16. The summed E-state index contributed by atoms with van der Waals surface area (Å²) in [6.45, 7) is 1.17. The van der Waals surface area contributed by atoms with Crippen LogP contribution in [-0.2, 0) is 11.0 Å². The zero-order valence-corrected chi connectivity index (χ0v) is 11.9. The topological polar surface area (TPSA) is 58.6 Å². The van der Waals surface area contributed by atoms with Gasteiger partial charge >= 0.3 is 12.1 Å². The van der Waals surface area contributed by atoms with Crippen molar-refractivity contribution in [3.63, 3.8) is 0 Å². The lowest BCUT2D eigenvalue weighted by Crippen LogP contribution is -2.37. The van der Waals surface area contributed by atoms with Gasteiger partial charge in [-0.2, -0.15) is 13.2 Å². The third-order valence-corrected chi connectivity index (χ3v) is 3.88. The highest BCUT2D eigenvalue weighted by molar-refractivity contribution is 5.70. The molecule has 1 saturated heterocycles. The van der Waals surface area contributed by atoms with Gasteiger partial charge in [-0.25, -0.2) is 0 Å². The maximum absolute atomic E-state index is 12.9. The van der Waals surface area contributed by atoms with E-state index in [-0.39, 0.29) is 18.3 Å². The Morgan fingerprint density at radius 2 is 1.95 bits per heavy atom. The number of piperidine rings is 1. The highest BCUT2D eigenvalue weighted by Gasteiger charge is 2.35. The van der Waals surface area contributed by atoms with Crippen LogP contribution in [0.2, 0.25) is 0 Å². The maximum atomic E-state index is 12.9. The molecule has 1 atom stereocenters. The Hall–Kier alpha value is -1.76. The molecule has 1 aliphatic heterocycles. The van der Waals surface area contributed by atoms with E-state index in [9.17, 15) is 23.1 Å². The molecule has 4 nitrogen and oxygen atoms in total. The molecule has 22 heavy (non-hydrogen) atoms. The highest BCUT2D eigenvalue weighted by atomic mass is 19.4. The fraction of sp³-hybridized carbons (Fsp3) is 0.533. The van der Waals surface area contributed by atoms with Crippen molar-refractivity contribution >= 4 is 5.97 Å². The first-order valence-corrected chi connectivity index (χ1v) is 7.12. The predicted octanol–water partition coefficient (Wildman–Crippen LogP) is 2.78. The molecule has 2 N–H and O–H groups in total. The van der Waals surface area contributed by atoms with Crippen LogP contribution in [0.5, 0.6) is 5.75 Å². The van der Waals surface area contributed by atoms with E-state index in [0.29, 0.717) is 25.9 Å². The van der Waals surface area contributed by atoms with Crippen LogP contribution in [0.4, 0.5) is 13.2 Å². The number of carboxylic acids is 1. The van der Waals surface area contributed by atoms with Crippen molar-refractivity contribution in [2.45, 2.75) is 19.0 Å². The Kier molecular flexibility index (Phi) is 5.28. The third-order valence-electron chi connectivity index (χ3n) is 3.88. The first-order chi connectivity index (χ1) is 10.4. The third kappa shape index (κ3) is 4.13. The Labute approximate surface area is 126 Å². The Morgan fingerprint density at radius 3 is 2.55 bits per heavy atom. The number of benzene rings is 1. The van der Waals surface area contributed by atoms with Gasteiger partial charge in [-0.1, -0.05) is 12.1 Å². The molecule has 1 aromatic rings. The Bertz CT molecular complexity index is 513. The average molecular weight is 317 g/mol. The summed E-state index contributed by atoms with van der Waals surface area (Å²) in [7, 11) is 0. The molecule has 1 heterocycles. The lowest BCUT2D eigenvalue weighted by atomic mass is 9.85. The van der Waals surface area contributed by atoms with E-state index >= 15 is 0 Å². The monoisotopic (exact) mass is 317 g/mol. The molecule has 0 radical (unpaired) electrons. The largest absolute Gasteiger partial charge is 0.492 e. The zero-order valence-electron chi connectivity index (χ0n) is 11.9. The lowest BCUT2D eigenvalue weighted by Gasteiger charge is -2.28. The first-order valence-electron chi connectivity index (χ1n) is 7.12. The summed E-state index contributed by atoms with van der Waals surface area (Å²) in [5, 5.41) is 12.4. The quantitative estimate of drug-likeness (QED) is 0.877. The number of carbonyl (C=O) groups is 1. The van der Waals surface area contributed by atoms with Gasteiger partial charge < -0.3 is 15.2 Å². The first kappa shape index (κ1) is 16.6. The summed E-state index contributed by atoms with van der Waals surface area (Å²) in [5.41, 5.74) is -0.885. The molecule has 2 rings (SSSR count). The van der Waals surface area contributed by atoms with E-state index in [1.807, 2.05) is 0 Å². The van der Waals surface area contributed by atoms with Crippen molar-refractivity contribution in [1.29, 1.82) is 0 Å². The molecule has 1 fully saturated rings. The van der Waals surface area contributed by atoms with E-state index in [1.165, 1.54) is 18.2 Å². The van der Waals surface area contributed by atoms with Crippen LogP contribution in [0.1, 0.15) is 18.4 Å². The zero-order chi connectivity index (χ0) is 16.2. The number of alkyl halides is 3.